The first-order valence-corrected chi connectivity index (χ1v) is 5.29. The van der Waals surface area contributed by atoms with Crippen LogP contribution in [-0.4, -0.2) is 4.98 Å². The van der Waals surface area contributed by atoms with E-state index >= 15 is 0 Å². The van der Waals surface area contributed by atoms with Crippen LogP contribution in [0.1, 0.15) is 18.5 Å². The van der Waals surface area contributed by atoms with Crippen molar-refractivity contribution in [3.05, 3.63) is 59.9 Å². The van der Waals surface area contributed by atoms with Crippen LogP contribution in [0, 0.1) is 11.6 Å². The Balaban J connectivity index is 2.19. The van der Waals surface area contributed by atoms with E-state index < -0.39 is 11.6 Å². The molecule has 88 valence electrons. The summed E-state index contributed by atoms with van der Waals surface area (Å²) in [6.45, 7) is 1.87. The summed E-state index contributed by atoms with van der Waals surface area (Å²) in [5.41, 5.74) is 1.12. The molecule has 0 aliphatic rings. The highest BCUT2D eigenvalue weighted by Crippen LogP contribution is 2.22. The first-order valence-electron chi connectivity index (χ1n) is 5.29. The molecule has 1 N–H and O–H groups in total. The van der Waals surface area contributed by atoms with Gasteiger partial charge < -0.3 is 5.32 Å². The lowest BCUT2D eigenvalue weighted by Gasteiger charge is -2.16. The Kier molecular flexibility index (Phi) is 3.32. The number of nitrogens with zero attached hydrogens (tertiary/aromatic N) is 1. The fourth-order valence-electron chi connectivity index (χ4n) is 1.58. The fraction of sp³-hybridized carbons (Fsp3) is 0.154. The Morgan fingerprint density at radius 3 is 2.53 bits per heavy atom. The van der Waals surface area contributed by atoms with Crippen molar-refractivity contribution in [3.8, 4) is 0 Å². The average Bonchev–Trinajstić information content (AvgIpc) is 2.36. The van der Waals surface area contributed by atoms with E-state index in [0.717, 1.165) is 11.6 Å². The molecule has 17 heavy (non-hydrogen) atoms. The highest BCUT2D eigenvalue weighted by atomic mass is 19.2. The van der Waals surface area contributed by atoms with E-state index in [1.54, 1.807) is 12.4 Å². The van der Waals surface area contributed by atoms with Crippen molar-refractivity contribution < 1.29 is 8.78 Å². The van der Waals surface area contributed by atoms with Crippen molar-refractivity contribution in [1.29, 1.82) is 0 Å². The maximum atomic E-state index is 13.4. The van der Waals surface area contributed by atoms with Gasteiger partial charge in [-0.05, 0) is 36.8 Å². The van der Waals surface area contributed by atoms with Crippen LogP contribution in [0.4, 0.5) is 14.5 Å². The van der Waals surface area contributed by atoms with Crippen molar-refractivity contribution in [2.24, 2.45) is 0 Å². The molecule has 1 aromatic carbocycles. The molecule has 0 aliphatic heterocycles. The molecule has 2 nitrogen and oxygen atoms in total. The third kappa shape index (κ3) is 2.58. The second-order valence-electron chi connectivity index (χ2n) is 3.75. The summed E-state index contributed by atoms with van der Waals surface area (Å²) in [7, 11) is 0. The molecule has 2 rings (SSSR count). The van der Waals surface area contributed by atoms with Crippen molar-refractivity contribution in [2.45, 2.75) is 13.0 Å². The molecule has 0 aliphatic carbocycles. The number of rotatable bonds is 3. The summed E-state index contributed by atoms with van der Waals surface area (Å²) in [6.07, 6.45) is 3.32. The third-order valence-corrected chi connectivity index (χ3v) is 2.53. The normalized spacial score (nSPS) is 12.2. The molecule has 2 aromatic rings. The van der Waals surface area contributed by atoms with E-state index in [2.05, 4.69) is 10.3 Å². The van der Waals surface area contributed by atoms with Crippen LogP contribution >= 0.6 is 0 Å². The van der Waals surface area contributed by atoms with E-state index in [1.165, 1.54) is 12.1 Å². The van der Waals surface area contributed by atoms with Gasteiger partial charge in [-0.2, -0.15) is 0 Å². The van der Waals surface area contributed by atoms with Gasteiger partial charge in [-0.1, -0.05) is 6.07 Å². The highest BCUT2D eigenvalue weighted by molar-refractivity contribution is 5.46. The Labute approximate surface area is 98.3 Å². The van der Waals surface area contributed by atoms with Crippen molar-refractivity contribution in [3.63, 3.8) is 0 Å². The van der Waals surface area contributed by atoms with Gasteiger partial charge in [0.25, 0.3) is 0 Å². The van der Waals surface area contributed by atoms with E-state index in [9.17, 15) is 8.78 Å². The van der Waals surface area contributed by atoms with Crippen molar-refractivity contribution in [2.75, 3.05) is 5.32 Å². The van der Waals surface area contributed by atoms with Crippen LogP contribution < -0.4 is 5.32 Å². The molecule has 1 atom stereocenters. The summed E-state index contributed by atoms with van der Waals surface area (Å²) < 4.78 is 26.4. The van der Waals surface area contributed by atoms with E-state index in [4.69, 9.17) is 0 Å². The fourth-order valence-corrected chi connectivity index (χ4v) is 1.58. The predicted molar refractivity (Wildman–Crippen MR) is 62.6 cm³/mol. The standard InChI is InChI=1S/C13H12F2N2/c1-9(10-5-7-16-8-6-10)17-12-4-2-3-11(14)13(12)15/h2-9,17H,1H3. The summed E-state index contributed by atoms with van der Waals surface area (Å²) >= 11 is 0. The van der Waals surface area contributed by atoms with Gasteiger partial charge in [0.15, 0.2) is 11.6 Å². The molecule has 0 spiro atoms. The van der Waals surface area contributed by atoms with Crippen LogP contribution in [0.15, 0.2) is 42.7 Å². The second-order valence-corrected chi connectivity index (χ2v) is 3.75. The van der Waals surface area contributed by atoms with Gasteiger partial charge >= 0.3 is 0 Å². The number of hydrogen-bond acceptors (Lipinski definition) is 2. The zero-order chi connectivity index (χ0) is 12.3. The first kappa shape index (κ1) is 11.5. The minimum absolute atomic E-state index is 0.116. The smallest absolute Gasteiger partial charge is 0.181 e. The molecule has 4 heteroatoms. The van der Waals surface area contributed by atoms with Gasteiger partial charge in [0.2, 0.25) is 0 Å². The van der Waals surface area contributed by atoms with Crippen LogP contribution in [-0.2, 0) is 0 Å². The maximum Gasteiger partial charge on any atom is 0.181 e. The van der Waals surface area contributed by atoms with Crippen molar-refractivity contribution >= 4 is 5.69 Å². The van der Waals surface area contributed by atoms with Crippen LogP contribution in [0.2, 0.25) is 0 Å². The number of aromatic nitrogens is 1. The van der Waals surface area contributed by atoms with Gasteiger partial charge in [0, 0.05) is 18.4 Å². The quantitative estimate of drug-likeness (QED) is 0.878. The Morgan fingerprint density at radius 1 is 1.12 bits per heavy atom. The van der Waals surface area contributed by atoms with Crippen LogP contribution in [0.5, 0.6) is 0 Å². The summed E-state index contributed by atoms with van der Waals surface area (Å²) in [5, 5.41) is 2.92. The third-order valence-electron chi connectivity index (χ3n) is 2.53. The molecule has 0 fully saturated rings. The Hall–Kier alpha value is -1.97. The number of hydrogen-bond donors (Lipinski definition) is 1. The Morgan fingerprint density at radius 2 is 1.82 bits per heavy atom. The van der Waals surface area contributed by atoms with E-state index in [-0.39, 0.29) is 11.7 Å². The van der Waals surface area contributed by atoms with Gasteiger partial charge in [-0.25, -0.2) is 8.78 Å². The largest absolute Gasteiger partial charge is 0.376 e. The zero-order valence-electron chi connectivity index (χ0n) is 9.32. The highest BCUT2D eigenvalue weighted by Gasteiger charge is 2.10. The zero-order valence-corrected chi connectivity index (χ0v) is 9.32. The second kappa shape index (κ2) is 4.91. The molecular weight excluding hydrogens is 222 g/mol. The van der Waals surface area contributed by atoms with Crippen LogP contribution in [0.25, 0.3) is 0 Å². The number of benzene rings is 1. The lowest BCUT2D eigenvalue weighted by molar-refractivity contribution is 0.510. The Bertz CT molecular complexity index is 500. The lowest BCUT2D eigenvalue weighted by atomic mass is 10.1. The molecule has 0 bridgehead atoms. The predicted octanol–water partition coefficient (Wildman–Crippen LogP) is 3.53. The monoisotopic (exact) mass is 234 g/mol. The van der Waals surface area contributed by atoms with Crippen molar-refractivity contribution in [1.82, 2.24) is 4.98 Å². The molecular formula is C13H12F2N2. The summed E-state index contributed by atoms with van der Waals surface area (Å²) in [5.74, 6) is -1.70. The maximum absolute atomic E-state index is 13.4. The van der Waals surface area contributed by atoms with E-state index in [1.807, 2.05) is 19.1 Å². The van der Waals surface area contributed by atoms with Crippen LogP contribution in [0.3, 0.4) is 0 Å². The number of pyridine rings is 1. The van der Waals surface area contributed by atoms with E-state index in [0.29, 0.717) is 0 Å². The molecule has 0 saturated heterocycles. The molecule has 1 unspecified atom stereocenters. The van der Waals surface area contributed by atoms with Gasteiger partial charge in [-0.15, -0.1) is 0 Å². The molecule has 1 aromatic heterocycles. The summed E-state index contributed by atoms with van der Waals surface area (Å²) in [6, 6.07) is 7.62. The topological polar surface area (TPSA) is 24.9 Å². The lowest BCUT2D eigenvalue weighted by Crippen LogP contribution is -2.08. The minimum atomic E-state index is -0.853. The van der Waals surface area contributed by atoms with Gasteiger partial charge in [0.05, 0.1) is 5.69 Å². The molecule has 0 radical (unpaired) electrons. The SMILES string of the molecule is CC(Nc1cccc(F)c1F)c1ccncc1. The molecule has 0 saturated carbocycles. The minimum Gasteiger partial charge on any atom is -0.376 e. The number of anilines is 1. The average molecular weight is 234 g/mol. The first-order chi connectivity index (χ1) is 8.18. The molecule has 1 heterocycles. The molecule has 0 amide bonds. The number of halogens is 2. The number of nitrogens with one attached hydrogen (secondary N) is 1. The summed E-state index contributed by atoms with van der Waals surface area (Å²) in [4.78, 5) is 3.90. The van der Waals surface area contributed by atoms with Gasteiger partial charge in [0.1, 0.15) is 0 Å². The van der Waals surface area contributed by atoms with Gasteiger partial charge in [-0.3, -0.25) is 4.98 Å².